The molecule has 0 aliphatic rings. The predicted octanol–water partition coefficient (Wildman–Crippen LogP) is 1.41. The molecule has 0 bridgehead atoms. The van der Waals surface area contributed by atoms with E-state index in [1.54, 1.807) is 19.1 Å². The summed E-state index contributed by atoms with van der Waals surface area (Å²) in [6.07, 6.45) is 1.75. The van der Waals surface area contributed by atoms with Gasteiger partial charge in [0.05, 0.1) is 25.9 Å². The third-order valence-electron chi connectivity index (χ3n) is 3.22. The Morgan fingerprint density at radius 1 is 1.14 bits per heavy atom. The number of methoxy groups -OCH3 is 1. The van der Waals surface area contributed by atoms with Gasteiger partial charge in [0.25, 0.3) is 5.91 Å². The minimum absolute atomic E-state index is 0.171. The van der Waals surface area contributed by atoms with E-state index in [1.807, 2.05) is 0 Å². The Kier molecular flexibility index (Phi) is 9.52. The van der Waals surface area contributed by atoms with Gasteiger partial charge in [-0.25, -0.2) is 9.59 Å². The number of anilines is 1. The second kappa shape index (κ2) is 11.6. The van der Waals surface area contributed by atoms with Gasteiger partial charge in [-0.2, -0.15) is 0 Å². The van der Waals surface area contributed by atoms with Gasteiger partial charge < -0.3 is 24.4 Å². The summed E-state index contributed by atoms with van der Waals surface area (Å²) in [5.41, 5.74) is 0.358. The van der Waals surface area contributed by atoms with Crippen molar-refractivity contribution in [2.75, 3.05) is 39.2 Å². The number of hydrogen-bond acceptors (Lipinski definition) is 7. The number of ether oxygens (including phenoxy) is 3. The maximum absolute atomic E-state index is 12.1. The molecule has 0 atom stereocenters. The minimum atomic E-state index is -0.886. The zero-order chi connectivity index (χ0) is 21.1. The van der Waals surface area contributed by atoms with Crippen LogP contribution in [0.15, 0.2) is 30.4 Å². The molecule has 1 aromatic carbocycles. The fourth-order valence-corrected chi connectivity index (χ4v) is 2.06. The highest BCUT2D eigenvalue weighted by Crippen LogP contribution is 2.27. The van der Waals surface area contributed by atoms with Gasteiger partial charge in [-0.3, -0.25) is 9.59 Å². The molecule has 1 N–H and O–H groups in total. The summed E-state index contributed by atoms with van der Waals surface area (Å²) in [6.45, 7) is 0.919. The quantitative estimate of drug-likeness (QED) is 0.482. The van der Waals surface area contributed by atoms with Crippen LogP contribution in [0.3, 0.4) is 0 Å². The first-order valence-corrected chi connectivity index (χ1v) is 8.53. The van der Waals surface area contributed by atoms with Gasteiger partial charge in [0.1, 0.15) is 5.75 Å². The SMILES string of the molecule is CCOC(=O)/C=C/C(=O)OCC(=O)N(C)CC(=O)Nc1cc(Cl)ccc1OC. The Labute approximate surface area is 167 Å². The van der Waals surface area contributed by atoms with Gasteiger partial charge >= 0.3 is 11.9 Å². The third-order valence-corrected chi connectivity index (χ3v) is 3.46. The normalized spacial score (nSPS) is 10.3. The molecule has 0 radical (unpaired) electrons. The number of benzene rings is 1. The Morgan fingerprint density at radius 2 is 1.79 bits per heavy atom. The lowest BCUT2D eigenvalue weighted by Crippen LogP contribution is -2.37. The largest absolute Gasteiger partial charge is 0.495 e. The van der Waals surface area contributed by atoms with E-state index in [2.05, 4.69) is 10.1 Å². The Balaban J connectivity index is 2.49. The van der Waals surface area contributed by atoms with Gasteiger partial charge in [-0.05, 0) is 25.1 Å². The Morgan fingerprint density at radius 3 is 2.39 bits per heavy atom. The molecule has 9 nitrogen and oxygen atoms in total. The molecule has 0 fully saturated rings. The first-order valence-electron chi connectivity index (χ1n) is 8.15. The first kappa shape index (κ1) is 23.0. The van der Waals surface area contributed by atoms with Crippen LogP contribution in [0, 0.1) is 0 Å². The first-order chi connectivity index (χ1) is 13.3. The van der Waals surface area contributed by atoms with Crippen molar-refractivity contribution in [2.45, 2.75) is 6.92 Å². The van der Waals surface area contributed by atoms with E-state index in [4.69, 9.17) is 21.1 Å². The van der Waals surface area contributed by atoms with Crippen LogP contribution in [0.4, 0.5) is 5.69 Å². The molecule has 152 valence electrons. The van der Waals surface area contributed by atoms with Crippen molar-refractivity contribution < 1.29 is 33.4 Å². The molecular weight excluding hydrogens is 392 g/mol. The lowest BCUT2D eigenvalue weighted by Gasteiger charge is -2.17. The molecular formula is C18H21ClN2O7. The number of nitrogens with one attached hydrogen (secondary N) is 1. The van der Waals surface area contributed by atoms with E-state index in [1.165, 1.54) is 20.2 Å². The number of amides is 2. The van der Waals surface area contributed by atoms with E-state index in [9.17, 15) is 19.2 Å². The Hall–Kier alpha value is -3.07. The molecule has 0 spiro atoms. The molecule has 28 heavy (non-hydrogen) atoms. The lowest BCUT2D eigenvalue weighted by atomic mass is 10.3. The zero-order valence-corrected chi connectivity index (χ0v) is 16.4. The summed E-state index contributed by atoms with van der Waals surface area (Å²) in [6, 6.07) is 4.71. The maximum atomic E-state index is 12.1. The monoisotopic (exact) mass is 412 g/mol. The number of carbonyl (C=O) groups excluding carboxylic acids is 4. The molecule has 10 heteroatoms. The van der Waals surface area contributed by atoms with Crippen molar-refractivity contribution in [1.29, 1.82) is 0 Å². The summed E-state index contributed by atoms with van der Waals surface area (Å²) in [7, 11) is 2.82. The second-order valence-corrected chi connectivity index (χ2v) is 5.77. The van der Waals surface area contributed by atoms with E-state index < -0.39 is 30.4 Å². The molecule has 0 aliphatic carbocycles. The van der Waals surface area contributed by atoms with E-state index in [-0.39, 0.29) is 13.2 Å². The zero-order valence-electron chi connectivity index (χ0n) is 15.7. The number of carbonyl (C=O) groups is 4. The molecule has 0 saturated carbocycles. The third kappa shape index (κ3) is 8.09. The smallest absolute Gasteiger partial charge is 0.331 e. The van der Waals surface area contributed by atoms with Gasteiger partial charge in [0.2, 0.25) is 5.91 Å². The summed E-state index contributed by atoms with van der Waals surface area (Å²) < 4.78 is 14.4. The molecule has 0 saturated heterocycles. The number of halogens is 1. The van der Waals surface area contributed by atoms with Gasteiger partial charge in [-0.1, -0.05) is 11.6 Å². The lowest BCUT2D eigenvalue weighted by molar-refractivity contribution is -0.148. The summed E-state index contributed by atoms with van der Waals surface area (Å²) in [5.74, 6) is -2.27. The van der Waals surface area contributed by atoms with Gasteiger partial charge in [-0.15, -0.1) is 0 Å². The predicted molar refractivity (Wildman–Crippen MR) is 101 cm³/mol. The Bertz CT molecular complexity index is 764. The van der Waals surface area contributed by atoms with Crippen molar-refractivity contribution in [3.8, 4) is 5.75 Å². The van der Waals surface area contributed by atoms with Crippen molar-refractivity contribution in [3.63, 3.8) is 0 Å². The van der Waals surface area contributed by atoms with E-state index in [0.29, 0.717) is 16.5 Å². The number of likely N-dealkylation sites (N-methyl/N-ethyl adjacent to an activating group) is 1. The number of rotatable bonds is 9. The van der Waals surface area contributed by atoms with Crippen molar-refractivity contribution >= 4 is 41.0 Å². The molecule has 1 aromatic rings. The molecule has 1 rings (SSSR count). The van der Waals surface area contributed by atoms with Crippen LogP contribution < -0.4 is 10.1 Å². The van der Waals surface area contributed by atoms with Crippen LogP contribution in [-0.2, 0) is 28.7 Å². The van der Waals surface area contributed by atoms with Crippen molar-refractivity contribution in [1.82, 2.24) is 4.90 Å². The second-order valence-electron chi connectivity index (χ2n) is 5.34. The number of nitrogens with zero attached hydrogens (tertiary/aromatic N) is 1. The highest BCUT2D eigenvalue weighted by molar-refractivity contribution is 6.31. The average molecular weight is 413 g/mol. The molecule has 0 unspecified atom stereocenters. The molecule has 0 aliphatic heterocycles. The fourth-order valence-electron chi connectivity index (χ4n) is 1.89. The van der Waals surface area contributed by atoms with Gasteiger partial charge in [0.15, 0.2) is 6.61 Å². The van der Waals surface area contributed by atoms with Crippen LogP contribution in [0.5, 0.6) is 5.75 Å². The van der Waals surface area contributed by atoms with E-state index >= 15 is 0 Å². The topological polar surface area (TPSA) is 111 Å². The molecule has 2 amide bonds. The van der Waals surface area contributed by atoms with Crippen molar-refractivity contribution in [3.05, 3.63) is 35.4 Å². The fraction of sp³-hybridized carbons (Fsp3) is 0.333. The van der Waals surface area contributed by atoms with Crippen LogP contribution in [-0.4, -0.2) is 62.6 Å². The van der Waals surface area contributed by atoms with Crippen LogP contribution in [0.25, 0.3) is 0 Å². The summed E-state index contributed by atoms with van der Waals surface area (Å²) >= 11 is 5.89. The number of hydrogen-bond donors (Lipinski definition) is 1. The van der Waals surface area contributed by atoms with Crippen LogP contribution >= 0.6 is 11.6 Å². The average Bonchev–Trinajstić information content (AvgIpc) is 2.64. The summed E-state index contributed by atoms with van der Waals surface area (Å²) in [5, 5.41) is 2.99. The molecule has 0 aromatic heterocycles. The maximum Gasteiger partial charge on any atom is 0.331 e. The van der Waals surface area contributed by atoms with Crippen LogP contribution in [0.2, 0.25) is 5.02 Å². The summed E-state index contributed by atoms with van der Waals surface area (Å²) in [4.78, 5) is 47.7. The highest BCUT2D eigenvalue weighted by atomic mass is 35.5. The van der Waals surface area contributed by atoms with Crippen molar-refractivity contribution in [2.24, 2.45) is 0 Å². The van der Waals surface area contributed by atoms with E-state index in [0.717, 1.165) is 17.1 Å². The highest BCUT2D eigenvalue weighted by Gasteiger charge is 2.16. The minimum Gasteiger partial charge on any atom is -0.495 e. The standard InChI is InChI=1S/C18H21ClN2O7/c1-4-27-17(24)7-8-18(25)28-11-16(23)21(2)10-15(22)20-13-9-12(19)5-6-14(13)26-3/h5-9H,4,10-11H2,1-3H3,(H,20,22)/b8-7+. The van der Waals surface area contributed by atoms with Crippen LogP contribution in [0.1, 0.15) is 6.92 Å². The number of esters is 2. The molecule has 0 heterocycles. The van der Waals surface area contributed by atoms with Gasteiger partial charge in [0, 0.05) is 24.2 Å².